The molecule has 1 heterocycles. The summed E-state index contributed by atoms with van der Waals surface area (Å²) in [4.78, 5) is 25.3. The third kappa shape index (κ3) is 2.93. The third-order valence-electron chi connectivity index (χ3n) is 3.10. The molecule has 90 valence electrons. The molecule has 0 aromatic heterocycles. The summed E-state index contributed by atoms with van der Waals surface area (Å²) in [6, 6.07) is 7.52. The highest BCUT2D eigenvalue weighted by Gasteiger charge is 2.20. The van der Waals surface area contributed by atoms with Crippen LogP contribution in [0.2, 0.25) is 0 Å². The number of benzene rings is 1. The molecule has 1 saturated heterocycles. The van der Waals surface area contributed by atoms with Gasteiger partial charge in [0.15, 0.2) is 5.78 Å². The minimum Gasteiger partial charge on any atom is -0.335 e. The number of ketones is 1. The standard InChI is InChI=1S/C14H17NO2/c1-11-5-4-6-12(9-11)13(16)10-15-8-3-2-7-14(15)17/h4-6,9H,2-3,7-8,10H2,1H3. The molecule has 3 nitrogen and oxygen atoms in total. The monoisotopic (exact) mass is 231 g/mol. The highest BCUT2D eigenvalue weighted by molar-refractivity contribution is 5.99. The number of likely N-dealkylation sites (tertiary alicyclic amines) is 1. The molecule has 1 aliphatic rings. The molecule has 0 spiro atoms. The molecule has 1 aliphatic heterocycles. The first kappa shape index (κ1) is 11.8. The van der Waals surface area contributed by atoms with Crippen LogP contribution in [0.1, 0.15) is 35.2 Å². The van der Waals surface area contributed by atoms with E-state index in [-0.39, 0.29) is 18.2 Å². The number of hydrogen-bond acceptors (Lipinski definition) is 2. The maximum Gasteiger partial charge on any atom is 0.222 e. The molecular formula is C14H17NO2. The fourth-order valence-corrected chi connectivity index (χ4v) is 2.11. The number of carbonyl (C=O) groups excluding carboxylic acids is 2. The van der Waals surface area contributed by atoms with E-state index in [4.69, 9.17) is 0 Å². The first-order valence-electron chi connectivity index (χ1n) is 6.04. The average Bonchev–Trinajstić information content (AvgIpc) is 2.32. The molecule has 2 rings (SSSR count). The van der Waals surface area contributed by atoms with Crippen LogP contribution in [0.25, 0.3) is 0 Å². The van der Waals surface area contributed by atoms with Crippen LogP contribution in [0.15, 0.2) is 24.3 Å². The van der Waals surface area contributed by atoms with Gasteiger partial charge in [-0.25, -0.2) is 0 Å². The number of aryl methyl sites for hydroxylation is 1. The summed E-state index contributed by atoms with van der Waals surface area (Å²) < 4.78 is 0. The van der Waals surface area contributed by atoms with E-state index in [0.29, 0.717) is 12.0 Å². The summed E-state index contributed by atoms with van der Waals surface area (Å²) in [5, 5.41) is 0. The van der Waals surface area contributed by atoms with Crippen LogP contribution in [-0.4, -0.2) is 29.7 Å². The van der Waals surface area contributed by atoms with Gasteiger partial charge in [-0.2, -0.15) is 0 Å². The summed E-state index contributed by atoms with van der Waals surface area (Å²) >= 11 is 0. The van der Waals surface area contributed by atoms with E-state index in [2.05, 4.69) is 0 Å². The zero-order chi connectivity index (χ0) is 12.3. The molecule has 0 unspecified atom stereocenters. The summed E-state index contributed by atoms with van der Waals surface area (Å²) in [5.41, 5.74) is 1.77. The van der Waals surface area contributed by atoms with Crippen molar-refractivity contribution in [2.24, 2.45) is 0 Å². The second-order valence-corrected chi connectivity index (χ2v) is 4.57. The minimum absolute atomic E-state index is 0.0314. The first-order chi connectivity index (χ1) is 8.16. The lowest BCUT2D eigenvalue weighted by Gasteiger charge is -2.25. The SMILES string of the molecule is Cc1cccc(C(=O)CN2CCCCC2=O)c1. The fraction of sp³-hybridized carbons (Fsp3) is 0.429. The van der Waals surface area contributed by atoms with Gasteiger partial charge in [-0.05, 0) is 25.8 Å². The van der Waals surface area contributed by atoms with Crippen LogP contribution in [0.4, 0.5) is 0 Å². The summed E-state index contributed by atoms with van der Waals surface area (Å²) in [7, 11) is 0. The Bertz CT molecular complexity index is 440. The predicted molar refractivity (Wildman–Crippen MR) is 65.9 cm³/mol. The van der Waals surface area contributed by atoms with Gasteiger partial charge in [0.2, 0.25) is 5.91 Å². The first-order valence-corrected chi connectivity index (χ1v) is 6.04. The largest absolute Gasteiger partial charge is 0.335 e. The lowest BCUT2D eigenvalue weighted by atomic mass is 10.1. The van der Waals surface area contributed by atoms with Crippen molar-refractivity contribution in [2.75, 3.05) is 13.1 Å². The lowest BCUT2D eigenvalue weighted by molar-refractivity contribution is -0.132. The minimum atomic E-state index is 0.0314. The molecular weight excluding hydrogens is 214 g/mol. The Labute approximate surface area is 101 Å². The van der Waals surface area contributed by atoms with Crippen molar-refractivity contribution in [3.05, 3.63) is 35.4 Å². The molecule has 1 fully saturated rings. The maximum atomic E-state index is 12.0. The van der Waals surface area contributed by atoms with Crippen molar-refractivity contribution in [1.29, 1.82) is 0 Å². The maximum absolute atomic E-state index is 12.0. The fourth-order valence-electron chi connectivity index (χ4n) is 2.11. The molecule has 0 saturated carbocycles. The Hall–Kier alpha value is -1.64. The predicted octanol–water partition coefficient (Wildman–Crippen LogP) is 2.19. The number of rotatable bonds is 3. The summed E-state index contributed by atoms with van der Waals surface area (Å²) in [5.74, 6) is 0.140. The number of hydrogen-bond donors (Lipinski definition) is 0. The quantitative estimate of drug-likeness (QED) is 0.748. The molecule has 0 bridgehead atoms. The molecule has 1 aromatic rings. The molecule has 0 aliphatic carbocycles. The van der Waals surface area contributed by atoms with Crippen LogP contribution in [0, 0.1) is 6.92 Å². The van der Waals surface area contributed by atoms with Crippen molar-refractivity contribution in [2.45, 2.75) is 26.2 Å². The number of Topliss-reactive ketones (excluding diaryl/α,β-unsaturated/α-hetero) is 1. The smallest absolute Gasteiger partial charge is 0.222 e. The zero-order valence-corrected chi connectivity index (χ0v) is 10.1. The van der Waals surface area contributed by atoms with Gasteiger partial charge in [0, 0.05) is 18.5 Å². The highest BCUT2D eigenvalue weighted by atomic mass is 16.2. The van der Waals surface area contributed by atoms with E-state index in [9.17, 15) is 9.59 Å². The van der Waals surface area contributed by atoms with E-state index in [0.717, 1.165) is 24.9 Å². The van der Waals surface area contributed by atoms with Crippen molar-refractivity contribution in [3.63, 3.8) is 0 Å². The molecule has 3 heteroatoms. The van der Waals surface area contributed by atoms with Gasteiger partial charge >= 0.3 is 0 Å². The Morgan fingerprint density at radius 3 is 2.88 bits per heavy atom. The average molecular weight is 231 g/mol. The third-order valence-corrected chi connectivity index (χ3v) is 3.10. The Morgan fingerprint density at radius 1 is 1.35 bits per heavy atom. The van der Waals surface area contributed by atoms with Crippen LogP contribution in [-0.2, 0) is 4.79 Å². The normalized spacial score (nSPS) is 16.1. The molecule has 1 amide bonds. The van der Waals surface area contributed by atoms with Crippen LogP contribution < -0.4 is 0 Å². The van der Waals surface area contributed by atoms with Crippen molar-refractivity contribution >= 4 is 11.7 Å². The summed E-state index contributed by atoms with van der Waals surface area (Å²) in [6.07, 6.45) is 2.54. The molecule has 0 radical (unpaired) electrons. The van der Waals surface area contributed by atoms with Crippen molar-refractivity contribution in [1.82, 2.24) is 4.90 Å². The molecule has 0 N–H and O–H groups in total. The van der Waals surface area contributed by atoms with Gasteiger partial charge in [-0.1, -0.05) is 23.8 Å². The van der Waals surface area contributed by atoms with Gasteiger partial charge in [0.1, 0.15) is 0 Å². The van der Waals surface area contributed by atoms with Crippen LogP contribution >= 0.6 is 0 Å². The van der Waals surface area contributed by atoms with Crippen molar-refractivity contribution in [3.8, 4) is 0 Å². The van der Waals surface area contributed by atoms with Gasteiger partial charge in [-0.15, -0.1) is 0 Å². The van der Waals surface area contributed by atoms with E-state index in [1.807, 2.05) is 31.2 Å². The van der Waals surface area contributed by atoms with E-state index in [1.54, 1.807) is 4.90 Å². The number of nitrogens with zero attached hydrogens (tertiary/aromatic N) is 1. The number of piperidine rings is 1. The van der Waals surface area contributed by atoms with E-state index < -0.39 is 0 Å². The van der Waals surface area contributed by atoms with Gasteiger partial charge in [0.25, 0.3) is 0 Å². The van der Waals surface area contributed by atoms with Gasteiger partial charge in [-0.3, -0.25) is 9.59 Å². The van der Waals surface area contributed by atoms with Crippen LogP contribution in [0.3, 0.4) is 0 Å². The molecule has 17 heavy (non-hydrogen) atoms. The molecule has 1 aromatic carbocycles. The van der Waals surface area contributed by atoms with Gasteiger partial charge < -0.3 is 4.90 Å². The number of amides is 1. The second-order valence-electron chi connectivity index (χ2n) is 4.57. The topological polar surface area (TPSA) is 37.4 Å². The van der Waals surface area contributed by atoms with Crippen molar-refractivity contribution < 1.29 is 9.59 Å². The zero-order valence-electron chi connectivity index (χ0n) is 10.1. The highest BCUT2D eigenvalue weighted by Crippen LogP contribution is 2.12. The van der Waals surface area contributed by atoms with Gasteiger partial charge in [0.05, 0.1) is 6.54 Å². The lowest BCUT2D eigenvalue weighted by Crippen LogP contribution is -2.39. The van der Waals surface area contributed by atoms with E-state index >= 15 is 0 Å². The Kier molecular flexibility index (Phi) is 3.57. The number of carbonyl (C=O) groups is 2. The van der Waals surface area contributed by atoms with Crippen LogP contribution in [0.5, 0.6) is 0 Å². The Morgan fingerprint density at radius 2 is 2.18 bits per heavy atom. The Balaban J connectivity index is 2.03. The summed E-state index contributed by atoms with van der Waals surface area (Å²) in [6.45, 7) is 2.90. The second kappa shape index (κ2) is 5.13. The molecule has 0 atom stereocenters. The van der Waals surface area contributed by atoms with E-state index in [1.165, 1.54) is 0 Å².